The Morgan fingerprint density at radius 2 is 2.06 bits per heavy atom. The number of nitrogens with zero attached hydrogens (tertiary/aromatic N) is 1. The van der Waals surface area contributed by atoms with Gasteiger partial charge in [0, 0.05) is 12.3 Å². The Morgan fingerprint density at radius 1 is 1.47 bits per heavy atom. The van der Waals surface area contributed by atoms with Gasteiger partial charge in [-0.25, -0.2) is 4.98 Å². The molecule has 0 aliphatic carbocycles. The highest BCUT2D eigenvalue weighted by molar-refractivity contribution is 7.14. The minimum absolute atomic E-state index is 0.123. The molecule has 1 aromatic heterocycles. The number of rotatable bonds is 3. The van der Waals surface area contributed by atoms with Gasteiger partial charge >= 0.3 is 0 Å². The molecule has 0 bridgehead atoms. The van der Waals surface area contributed by atoms with Crippen molar-refractivity contribution < 1.29 is 9.59 Å². The van der Waals surface area contributed by atoms with Crippen LogP contribution in [0.15, 0.2) is 5.38 Å². The number of Topliss-reactive ketones (excluding diaryl/α,β-unsaturated/α-hetero) is 1. The second-order valence-electron chi connectivity index (χ2n) is 4.93. The van der Waals surface area contributed by atoms with E-state index in [-0.39, 0.29) is 17.1 Å². The third-order valence-electron chi connectivity index (χ3n) is 2.31. The molecule has 5 nitrogen and oxygen atoms in total. The van der Waals surface area contributed by atoms with E-state index in [1.54, 1.807) is 5.38 Å². The van der Waals surface area contributed by atoms with Crippen molar-refractivity contribution >= 4 is 28.2 Å². The summed E-state index contributed by atoms with van der Waals surface area (Å²) < 4.78 is 0. The first-order chi connectivity index (χ1) is 7.71. The fourth-order valence-electron chi connectivity index (χ4n) is 1.07. The molecule has 94 valence electrons. The van der Waals surface area contributed by atoms with Crippen LogP contribution in [-0.4, -0.2) is 22.7 Å². The average molecular weight is 255 g/mol. The summed E-state index contributed by atoms with van der Waals surface area (Å²) in [6.45, 7) is 7.10. The highest BCUT2D eigenvalue weighted by Gasteiger charge is 2.28. The summed E-state index contributed by atoms with van der Waals surface area (Å²) in [4.78, 5) is 26.8. The van der Waals surface area contributed by atoms with Gasteiger partial charge < -0.3 is 11.1 Å². The first-order valence-electron chi connectivity index (χ1n) is 5.24. The Labute approximate surface area is 104 Å². The monoisotopic (exact) mass is 255 g/mol. The first-order valence-corrected chi connectivity index (χ1v) is 6.12. The molecule has 0 saturated carbocycles. The standard InChI is InChI=1S/C11H17N3O2S/c1-6(15)7-5-17-10(13-7)14-9(16)8(12)11(2,3)4/h5,8H,12H2,1-4H3,(H,13,14,16). The molecule has 0 aliphatic rings. The third kappa shape index (κ3) is 3.61. The van der Waals surface area contributed by atoms with Crippen molar-refractivity contribution in [2.24, 2.45) is 11.1 Å². The van der Waals surface area contributed by atoms with Crippen molar-refractivity contribution in [3.63, 3.8) is 0 Å². The van der Waals surface area contributed by atoms with E-state index in [0.717, 1.165) is 0 Å². The van der Waals surface area contributed by atoms with E-state index in [0.29, 0.717) is 10.8 Å². The maximum absolute atomic E-state index is 11.8. The van der Waals surface area contributed by atoms with Gasteiger partial charge in [-0.05, 0) is 5.41 Å². The second kappa shape index (κ2) is 4.93. The number of carbonyl (C=O) groups is 2. The molecule has 0 radical (unpaired) electrons. The van der Waals surface area contributed by atoms with Gasteiger partial charge in [0.15, 0.2) is 10.9 Å². The highest BCUT2D eigenvalue weighted by Crippen LogP contribution is 2.20. The number of nitrogens with two attached hydrogens (primary N) is 1. The number of anilines is 1. The van der Waals surface area contributed by atoms with E-state index in [4.69, 9.17) is 5.73 Å². The average Bonchev–Trinajstić information content (AvgIpc) is 2.63. The minimum atomic E-state index is -0.618. The number of ketones is 1. The van der Waals surface area contributed by atoms with Gasteiger partial charge in [-0.2, -0.15) is 0 Å². The molecule has 0 fully saturated rings. The molecule has 17 heavy (non-hydrogen) atoms. The molecule has 0 aromatic carbocycles. The molecule has 1 amide bonds. The van der Waals surface area contributed by atoms with Gasteiger partial charge in [-0.15, -0.1) is 11.3 Å². The molecule has 1 heterocycles. The van der Waals surface area contributed by atoms with Gasteiger partial charge in [0.25, 0.3) is 0 Å². The molecule has 1 atom stereocenters. The van der Waals surface area contributed by atoms with Crippen molar-refractivity contribution in [1.29, 1.82) is 0 Å². The predicted octanol–water partition coefficient (Wildman–Crippen LogP) is 1.66. The fraction of sp³-hybridized carbons (Fsp3) is 0.545. The van der Waals surface area contributed by atoms with Crippen LogP contribution in [0.2, 0.25) is 0 Å². The lowest BCUT2D eigenvalue weighted by Crippen LogP contribution is -2.45. The Balaban J connectivity index is 2.71. The predicted molar refractivity (Wildman–Crippen MR) is 68.2 cm³/mol. The number of aromatic nitrogens is 1. The normalized spacial score (nSPS) is 13.2. The van der Waals surface area contributed by atoms with E-state index in [1.807, 2.05) is 20.8 Å². The lowest BCUT2D eigenvalue weighted by Gasteiger charge is -2.25. The Morgan fingerprint density at radius 3 is 2.47 bits per heavy atom. The highest BCUT2D eigenvalue weighted by atomic mass is 32.1. The van der Waals surface area contributed by atoms with Gasteiger partial charge in [0.05, 0.1) is 6.04 Å². The topological polar surface area (TPSA) is 85.1 Å². The van der Waals surface area contributed by atoms with Crippen molar-refractivity contribution in [3.05, 3.63) is 11.1 Å². The van der Waals surface area contributed by atoms with Crippen LogP contribution >= 0.6 is 11.3 Å². The van der Waals surface area contributed by atoms with Crippen LogP contribution in [0.5, 0.6) is 0 Å². The lowest BCUT2D eigenvalue weighted by molar-refractivity contribution is -0.119. The molecule has 0 aliphatic heterocycles. The van der Waals surface area contributed by atoms with Crippen LogP contribution in [0.3, 0.4) is 0 Å². The van der Waals surface area contributed by atoms with Crippen LogP contribution in [-0.2, 0) is 4.79 Å². The van der Waals surface area contributed by atoms with Crippen LogP contribution in [0.25, 0.3) is 0 Å². The number of amides is 1. The SMILES string of the molecule is CC(=O)c1csc(NC(=O)C(N)C(C)(C)C)n1. The van der Waals surface area contributed by atoms with Crippen molar-refractivity contribution in [3.8, 4) is 0 Å². The minimum Gasteiger partial charge on any atom is -0.319 e. The zero-order valence-electron chi connectivity index (χ0n) is 10.4. The van der Waals surface area contributed by atoms with E-state index in [9.17, 15) is 9.59 Å². The Kier molecular flexibility index (Phi) is 4.00. The Bertz CT molecular complexity index is 434. The smallest absolute Gasteiger partial charge is 0.243 e. The zero-order chi connectivity index (χ0) is 13.2. The number of nitrogens with one attached hydrogen (secondary N) is 1. The lowest BCUT2D eigenvalue weighted by atomic mass is 9.87. The first kappa shape index (κ1) is 13.8. The van der Waals surface area contributed by atoms with Crippen LogP contribution in [0, 0.1) is 5.41 Å². The van der Waals surface area contributed by atoms with Crippen LogP contribution in [0.1, 0.15) is 38.2 Å². The van der Waals surface area contributed by atoms with Crippen LogP contribution in [0.4, 0.5) is 5.13 Å². The summed E-state index contributed by atoms with van der Waals surface area (Å²) in [6.07, 6.45) is 0. The second-order valence-corrected chi connectivity index (χ2v) is 5.79. The van der Waals surface area contributed by atoms with Crippen molar-refractivity contribution in [2.45, 2.75) is 33.7 Å². The number of hydrogen-bond donors (Lipinski definition) is 2. The summed E-state index contributed by atoms with van der Waals surface area (Å²) in [5, 5.41) is 4.63. The summed E-state index contributed by atoms with van der Waals surface area (Å²) in [6, 6.07) is -0.618. The van der Waals surface area contributed by atoms with E-state index in [1.165, 1.54) is 18.3 Å². The van der Waals surface area contributed by atoms with Gasteiger partial charge in [-0.3, -0.25) is 9.59 Å². The van der Waals surface area contributed by atoms with E-state index in [2.05, 4.69) is 10.3 Å². The van der Waals surface area contributed by atoms with Gasteiger partial charge in [-0.1, -0.05) is 20.8 Å². The summed E-state index contributed by atoms with van der Waals surface area (Å²) in [7, 11) is 0. The third-order valence-corrected chi connectivity index (χ3v) is 3.07. The summed E-state index contributed by atoms with van der Waals surface area (Å²) in [5.74, 6) is -0.413. The molecule has 6 heteroatoms. The molecular formula is C11H17N3O2S. The van der Waals surface area contributed by atoms with Gasteiger partial charge in [0.2, 0.25) is 5.91 Å². The number of thiazole rings is 1. The summed E-state index contributed by atoms with van der Waals surface area (Å²) in [5.41, 5.74) is 5.85. The zero-order valence-corrected chi connectivity index (χ0v) is 11.2. The number of carbonyl (C=O) groups excluding carboxylic acids is 2. The maximum Gasteiger partial charge on any atom is 0.243 e. The fourth-order valence-corrected chi connectivity index (χ4v) is 1.82. The molecule has 1 rings (SSSR count). The van der Waals surface area contributed by atoms with Crippen molar-refractivity contribution in [1.82, 2.24) is 4.98 Å². The summed E-state index contributed by atoms with van der Waals surface area (Å²) >= 11 is 1.21. The van der Waals surface area contributed by atoms with Crippen molar-refractivity contribution in [2.75, 3.05) is 5.32 Å². The van der Waals surface area contributed by atoms with E-state index >= 15 is 0 Å². The quantitative estimate of drug-likeness (QED) is 0.804. The Hall–Kier alpha value is -1.27. The van der Waals surface area contributed by atoms with Crippen LogP contribution < -0.4 is 11.1 Å². The molecule has 1 aromatic rings. The maximum atomic E-state index is 11.8. The molecule has 0 saturated heterocycles. The molecule has 3 N–H and O–H groups in total. The molecular weight excluding hydrogens is 238 g/mol. The van der Waals surface area contributed by atoms with Gasteiger partial charge in [0.1, 0.15) is 5.69 Å². The largest absolute Gasteiger partial charge is 0.319 e. The molecule has 1 unspecified atom stereocenters. The molecule has 0 spiro atoms. The number of hydrogen-bond acceptors (Lipinski definition) is 5. The van der Waals surface area contributed by atoms with E-state index < -0.39 is 6.04 Å².